The lowest BCUT2D eigenvalue weighted by atomic mass is 10.2. The van der Waals surface area contributed by atoms with Crippen molar-refractivity contribution >= 4 is 35.1 Å². The molecule has 2 aliphatic rings. The van der Waals surface area contributed by atoms with E-state index in [2.05, 4.69) is 20.2 Å². The number of rotatable bonds is 12. The highest BCUT2D eigenvalue weighted by Crippen LogP contribution is 2.18. The Labute approximate surface area is 234 Å². The molecule has 0 aromatic carbocycles. The predicted molar refractivity (Wildman–Crippen MR) is 145 cm³/mol. The Morgan fingerprint density at radius 1 is 0.692 bits per heavy atom. The van der Waals surface area contributed by atoms with E-state index in [0.717, 1.165) is 30.4 Å². The zero-order valence-corrected chi connectivity index (χ0v) is 22.6. The molecule has 0 radical (unpaired) electrons. The van der Waals surface area contributed by atoms with E-state index in [9.17, 15) is 20.2 Å². The summed E-state index contributed by atoms with van der Waals surface area (Å²) in [5, 5.41) is 29.1. The number of nitro groups is 2. The molecule has 14 nitrogen and oxygen atoms in total. The Kier molecular flexibility index (Phi) is 9.65. The standard InChI is InChI=1S/C23H28Cl2N10O4/c24-20-6-4-18(14-26-20)16-32-12-10-30(22(32)28-34(36)37)8-2-1-3-9-31-11-13-33(23(31)29-35(38)39)17-19-5-7-21(25)27-15-19/h4-7,14-15H,1-3,8-13,16-17H2/b28-22-,29-23-. The number of hydrazone groups is 2. The number of unbranched alkanes of at least 4 members (excludes halogenated alkanes) is 2. The maximum atomic E-state index is 11.2. The van der Waals surface area contributed by atoms with E-state index in [1.54, 1.807) is 24.5 Å². The number of hydrogen-bond donors (Lipinski definition) is 0. The SMILES string of the molecule is O=[N+]([O-])/N=C1/N(CCCCCN2CCN(Cc3ccc(Cl)nc3)/C2=N\[N+](=O)[O-])CCN1Cc1ccc(Cl)nc1. The largest absolute Gasteiger partial charge is 0.336 e. The minimum absolute atomic E-state index is 0.335. The second-order valence-corrected chi connectivity index (χ2v) is 9.91. The van der Waals surface area contributed by atoms with Crippen LogP contribution in [0.3, 0.4) is 0 Å². The molecule has 0 saturated carbocycles. The molecule has 2 saturated heterocycles. The summed E-state index contributed by atoms with van der Waals surface area (Å²) in [4.78, 5) is 38.1. The smallest absolute Gasteiger partial charge is 0.274 e. The summed E-state index contributed by atoms with van der Waals surface area (Å²) >= 11 is 11.7. The molecule has 208 valence electrons. The molecule has 0 aliphatic carbocycles. The molecule has 4 rings (SSSR count). The number of aromatic nitrogens is 2. The summed E-state index contributed by atoms with van der Waals surface area (Å²) in [6.45, 7) is 4.63. The minimum Gasteiger partial charge on any atom is -0.336 e. The average Bonchev–Trinajstić information content (AvgIpc) is 3.44. The van der Waals surface area contributed by atoms with Crippen LogP contribution in [0.2, 0.25) is 10.3 Å². The number of halogens is 2. The summed E-state index contributed by atoms with van der Waals surface area (Å²) in [6, 6.07) is 7.05. The summed E-state index contributed by atoms with van der Waals surface area (Å²) < 4.78 is 0. The third kappa shape index (κ3) is 8.10. The fourth-order valence-electron chi connectivity index (χ4n) is 4.63. The molecular formula is C23H28Cl2N10O4. The van der Waals surface area contributed by atoms with Crippen LogP contribution in [0.15, 0.2) is 46.9 Å². The molecule has 0 N–H and O–H groups in total. The van der Waals surface area contributed by atoms with Crippen molar-refractivity contribution in [3.63, 3.8) is 0 Å². The molecule has 0 atom stereocenters. The van der Waals surface area contributed by atoms with Crippen molar-refractivity contribution in [3.05, 3.63) is 78.3 Å². The van der Waals surface area contributed by atoms with Crippen molar-refractivity contribution in [2.45, 2.75) is 32.4 Å². The van der Waals surface area contributed by atoms with E-state index in [1.165, 1.54) is 0 Å². The number of nitrogens with zero attached hydrogens (tertiary/aromatic N) is 10. The van der Waals surface area contributed by atoms with Gasteiger partial charge in [0.15, 0.2) is 10.1 Å². The van der Waals surface area contributed by atoms with Gasteiger partial charge in [-0.05, 0) is 42.5 Å². The molecule has 39 heavy (non-hydrogen) atoms. The van der Waals surface area contributed by atoms with Crippen molar-refractivity contribution in [3.8, 4) is 0 Å². The van der Waals surface area contributed by atoms with Gasteiger partial charge < -0.3 is 19.6 Å². The molecule has 2 fully saturated rings. The Balaban J connectivity index is 1.26. The van der Waals surface area contributed by atoms with Gasteiger partial charge in [0.1, 0.15) is 20.5 Å². The first-order valence-corrected chi connectivity index (χ1v) is 13.2. The summed E-state index contributed by atoms with van der Waals surface area (Å²) in [7, 11) is 0. The van der Waals surface area contributed by atoms with Gasteiger partial charge in [0.05, 0.1) is 0 Å². The summed E-state index contributed by atoms with van der Waals surface area (Å²) in [5.41, 5.74) is 1.77. The number of pyridine rings is 2. The van der Waals surface area contributed by atoms with Crippen LogP contribution in [0.5, 0.6) is 0 Å². The molecule has 0 amide bonds. The topological polar surface area (TPSA) is 150 Å². The Bertz CT molecular complexity index is 1120. The van der Waals surface area contributed by atoms with E-state index in [4.69, 9.17) is 23.2 Å². The maximum Gasteiger partial charge on any atom is 0.274 e. The van der Waals surface area contributed by atoms with Gasteiger partial charge in [-0.2, -0.15) is 0 Å². The van der Waals surface area contributed by atoms with Gasteiger partial charge in [-0.15, -0.1) is 0 Å². The van der Waals surface area contributed by atoms with Gasteiger partial charge in [0.2, 0.25) is 0 Å². The fourth-order valence-corrected chi connectivity index (χ4v) is 4.85. The lowest BCUT2D eigenvalue weighted by molar-refractivity contribution is -0.486. The van der Waals surface area contributed by atoms with Crippen LogP contribution in [0.4, 0.5) is 0 Å². The van der Waals surface area contributed by atoms with Crippen LogP contribution in [0, 0.1) is 20.2 Å². The van der Waals surface area contributed by atoms with E-state index in [1.807, 2.05) is 31.7 Å². The Morgan fingerprint density at radius 3 is 1.46 bits per heavy atom. The van der Waals surface area contributed by atoms with Gasteiger partial charge in [-0.1, -0.05) is 35.3 Å². The highest BCUT2D eigenvalue weighted by molar-refractivity contribution is 6.29. The van der Waals surface area contributed by atoms with E-state index >= 15 is 0 Å². The van der Waals surface area contributed by atoms with Crippen LogP contribution in [0.1, 0.15) is 30.4 Å². The molecule has 0 bridgehead atoms. The maximum absolute atomic E-state index is 11.2. The van der Waals surface area contributed by atoms with Gasteiger partial charge in [-0.3, -0.25) is 0 Å². The highest BCUT2D eigenvalue weighted by Gasteiger charge is 2.31. The number of hydrogen-bond acceptors (Lipinski definition) is 6. The van der Waals surface area contributed by atoms with E-state index in [0.29, 0.717) is 74.6 Å². The Morgan fingerprint density at radius 2 is 1.10 bits per heavy atom. The van der Waals surface area contributed by atoms with Crippen LogP contribution < -0.4 is 0 Å². The first-order valence-electron chi connectivity index (χ1n) is 12.4. The van der Waals surface area contributed by atoms with E-state index < -0.39 is 10.1 Å². The number of guanidine groups is 2. The van der Waals surface area contributed by atoms with Crippen molar-refractivity contribution in [2.75, 3.05) is 39.3 Å². The molecule has 0 unspecified atom stereocenters. The Hall–Kier alpha value is -3.78. The van der Waals surface area contributed by atoms with Crippen LogP contribution in [-0.4, -0.2) is 90.8 Å². The van der Waals surface area contributed by atoms with Gasteiger partial charge in [0.25, 0.3) is 11.9 Å². The van der Waals surface area contributed by atoms with Gasteiger partial charge >= 0.3 is 0 Å². The van der Waals surface area contributed by atoms with Crippen molar-refractivity contribution in [2.24, 2.45) is 10.2 Å². The molecule has 2 aromatic rings. The van der Waals surface area contributed by atoms with E-state index in [-0.39, 0.29) is 0 Å². The molecular weight excluding hydrogens is 551 g/mol. The summed E-state index contributed by atoms with van der Waals surface area (Å²) in [5.74, 6) is 0.671. The van der Waals surface area contributed by atoms with Crippen molar-refractivity contribution in [1.29, 1.82) is 0 Å². The van der Waals surface area contributed by atoms with Gasteiger partial charge in [-0.25, -0.2) is 30.2 Å². The second kappa shape index (κ2) is 13.3. The zero-order chi connectivity index (χ0) is 27.8. The zero-order valence-electron chi connectivity index (χ0n) is 21.1. The molecule has 4 heterocycles. The van der Waals surface area contributed by atoms with Gasteiger partial charge in [0, 0.05) is 64.8 Å². The first-order chi connectivity index (χ1) is 18.8. The predicted octanol–water partition coefficient (Wildman–Crippen LogP) is 2.98. The van der Waals surface area contributed by atoms with Crippen molar-refractivity contribution < 1.29 is 10.1 Å². The molecule has 2 aromatic heterocycles. The lowest BCUT2D eigenvalue weighted by Crippen LogP contribution is -2.35. The third-order valence-electron chi connectivity index (χ3n) is 6.43. The molecule has 0 spiro atoms. The first kappa shape index (κ1) is 28.2. The van der Waals surface area contributed by atoms with Crippen LogP contribution in [-0.2, 0) is 13.1 Å². The fraction of sp³-hybridized carbons (Fsp3) is 0.478. The third-order valence-corrected chi connectivity index (χ3v) is 6.88. The lowest BCUT2D eigenvalue weighted by Gasteiger charge is -2.22. The minimum atomic E-state index is -0.670. The summed E-state index contributed by atoms with van der Waals surface area (Å²) in [6.07, 6.45) is 5.73. The second-order valence-electron chi connectivity index (χ2n) is 9.13. The van der Waals surface area contributed by atoms with Crippen LogP contribution >= 0.6 is 23.2 Å². The quantitative estimate of drug-likeness (QED) is 0.159. The molecule has 16 heteroatoms. The van der Waals surface area contributed by atoms with Crippen LogP contribution in [0.25, 0.3) is 0 Å². The highest BCUT2D eigenvalue weighted by atomic mass is 35.5. The average molecular weight is 579 g/mol. The monoisotopic (exact) mass is 578 g/mol. The molecule has 2 aliphatic heterocycles. The van der Waals surface area contributed by atoms with Crippen molar-refractivity contribution in [1.82, 2.24) is 29.6 Å². The normalized spacial score (nSPS) is 17.6.